The van der Waals surface area contributed by atoms with Crippen LogP contribution in [0, 0.1) is 0 Å². The Morgan fingerprint density at radius 1 is 1.06 bits per heavy atom. The number of aliphatic hydroxyl groups excluding tert-OH is 1. The van der Waals surface area contributed by atoms with Crippen LogP contribution in [0.25, 0.3) is 21.9 Å². The maximum absolute atomic E-state index is 13.5. The van der Waals surface area contributed by atoms with E-state index >= 15 is 0 Å². The lowest BCUT2D eigenvalue weighted by Crippen LogP contribution is -2.32. The first-order valence-corrected chi connectivity index (χ1v) is 11.0. The molecule has 1 atom stereocenters. The highest BCUT2D eigenvalue weighted by atomic mass is 16.3. The molecule has 5 aromatic rings. The van der Waals surface area contributed by atoms with E-state index in [-0.39, 0.29) is 17.9 Å². The second-order valence-electron chi connectivity index (χ2n) is 8.27. The number of aromatic amines is 1. The van der Waals surface area contributed by atoms with Crippen molar-refractivity contribution in [3.63, 3.8) is 0 Å². The Kier molecular flexibility index (Phi) is 4.62. The number of para-hydroxylation sites is 2. The van der Waals surface area contributed by atoms with Gasteiger partial charge in [-0.25, -0.2) is 0 Å². The van der Waals surface area contributed by atoms with E-state index in [0.29, 0.717) is 17.8 Å². The largest absolute Gasteiger partial charge is 0.503 e. The third-order valence-electron chi connectivity index (χ3n) is 6.31. The molecule has 1 aliphatic heterocycles. The van der Waals surface area contributed by atoms with Gasteiger partial charge in [-0.1, -0.05) is 36.4 Å². The number of aromatic nitrogens is 1. The number of hydrogen-bond donors (Lipinski definition) is 2. The number of fused-ring (bicyclic) bond motifs is 2. The highest BCUT2D eigenvalue weighted by Crippen LogP contribution is 2.40. The van der Waals surface area contributed by atoms with Gasteiger partial charge in [-0.3, -0.25) is 9.59 Å². The van der Waals surface area contributed by atoms with Crippen LogP contribution in [0.3, 0.4) is 0 Å². The molecule has 1 unspecified atom stereocenters. The monoisotopic (exact) mass is 452 g/mol. The minimum absolute atomic E-state index is 0.0436. The van der Waals surface area contributed by atoms with Crippen molar-refractivity contribution in [1.82, 2.24) is 9.88 Å². The zero-order chi connectivity index (χ0) is 23.2. The topological polar surface area (TPSA) is 99.7 Å². The number of ketones is 1. The number of amides is 1. The van der Waals surface area contributed by atoms with Crippen molar-refractivity contribution in [2.45, 2.75) is 12.5 Å². The number of nitrogens with one attached hydrogen (secondary N) is 1. The van der Waals surface area contributed by atoms with Crippen LogP contribution in [0.15, 0.2) is 99.4 Å². The van der Waals surface area contributed by atoms with Crippen LogP contribution >= 0.6 is 0 Å². The van der Waals surface area contributed by atoms with E-state index < -0.39 is 23.5 Å². The van der Waals surface area contributed by atoms with Crippen molar-refractivity contribution in [2.24, 2.45) is 0 Å². The van der Waals surface area contributed by atoms with Gasteiger partial charge in [0.25, 0.3) is 5.91 Å². The summed E-state index contributed by atoms with van der Waals surface area (Å²) in [5.74, 6) is -1.27. The quantitative estimate of drug-likeness (QED) is 0.339. The molecule has 34 heavy (non-hydrogen) atoms. The number of carbonyl (C=O) groups excluding carboxylic acids is 2. The van der Waals surface area contributed by atoms with Gasteiger partial charge in [0.1, 0.15) is 17.4 Å². The maximum Gasteiger partial charge on any atom is 0.290 e. The Morgan fingerprint density at radius 2 is 1.88 bits per heavy atom. The Labute approximate surface area is 193 Å². The van der Waals surface area contributed by atoms with E-state index in [1.807, 2.05) is 48.7 Å². The van der Waals surface area contributed by atoms with Crippen molar-refractivity contribution in [2.75, 3.05) is 6.54 Å². The summed E-state index contributed by atoms with van der Waals surface area (Å²) < 4.78 is 11.3. The van der Waals surface area contributed by atoms with Crippen LogP contribution in [-0.4, -0.2) is 33.2 Å². The molecule has 0 fully saturated rings. The van der Waals surface area contributed by atoms with E-state index in [1.165, 1.54) is 11.2 Å². The lowest BCUT2D eigenvalue weighted by molar-refractivity contribution is -0.129. The van der Waals surface area contributed by atoms with Crippen molar-refractivity contribution in [1.29, 1.82) is 0 Å². The van der Waals surface area contributed by atoms with E-state index in [4.69, 9.17) is 8.83 Å². The Bertz CT molecular complexity index is 1540. The average molecular weight is 452 g/mol. The van der Waals surface area contributed by atoms with Crippen LogP contribution < -0.4 is 0 Å². The molecule has 7 heteroatoms. The Morgan fingerprint density at radius 3 is 2.71 bits per heavy atom. The molecule has 4 heterocycles. The number of Topliss-reactive ketones (excluding diaryl/α,β-unsaturated/α-hetero) is 1. The van der Waals surface area contributed by atoms with Crippen molar-refractivity contribution < 1.29 is 23.5 Å². The molecule has 1 amide bonds. The molecule has 1 aliphatic rings. The highest BCUT2D eigenvalue weighted by Gasteiger charge is 2.45. The number of aliphatic hydroxyl groups is 1. The number of benzene rings is 2. The van der Waals surface area contributed by atoms with Crippen LogP contribution in [0.2, 0.25) is 0 Å². The first-order chi connectivity index (χ1) is 16.6. The third kappa shape index (κ3) is 3.13. The standard InChI is InChI=1S/C27H20N2O5/c30-25(22-14-16-6-1-4-9-20(16)34-22)23-24(21-10-5-13-33-21)29(27(32)26(23)31)12-11-17-15-28-19-8-3-2-7-18(17)19/h1-10,13-15,24,28,31H,11-12H2. The summed E-state index contributed by atoms with van der Waals surface area (Å²) >= 11 is 0. The lowest BCUT2D eigenvalue weighted by atomic mass is 9.99. The normalized spacial score (nSPS) is 16.3. The summed E-state index contributed by atoms with van der Waals surface area (Å²) in [6, 6.07) is 19.3. The molecule has 2 N–H and O–H groups in total. The maximum atomic E-state index is 13.5. The number of rotatable bonds is 6. The van der Waals surface area contributed by atoms with Crippen molar-refractivity contribution >= 4 is 33.6 Å². The molecule has 0 radical (unpaired) electrons. The van der Waals surface area contributed by atoms with Gasteiger partial charge in [0.2, 0.25) is 5.78 Å². The molecule has 0 spiro atoms. The summed E-state index contributed by atoms with van der Waals surface area (Å²) in [4.78, 5) is 31.3. The number of furan rings is 2. The smallest absolute Gasteiger partial charge is 0.290 e. The molecular weight excluding hydrogens is 432 g/mol. The molecule has 3 aromatic heterocycles. The second kappa shape index (κ2) is 7.81. The first-order valence-electron chi connectivity index (χ1n) is 11.0. The lowest BCUT2D eigenvalue weighted by Gasteiger charge is -2.24. The predicted octanol–water partition coefficient (Wildman–Crippen LogP) is 5.33. The third-order valence-corrected chi connectivity index (χ3v) is 6.31. The van der Waals surface area contributed by atoms with Gasteiger partial charge in [0.15, 0.2) is 11.5 Å². The van der Waals surface area contributed by atoms with Gasteiger partial charge in [-0.15, -0.1) is 0 Å². The van der Waals surface area contributed by atoms with E-state index in [2.05, 4.69) is 4.98 Å². The molecule has 0 saturated carbocycles. The number of nitrogens with zero attached hydrogens (tertiary/aromatic N) is 1. The van der Waals surface area contributed by atoms with Crippen LogP contribution in [0.5, 0.6) is 0 Å². The number of carbonyl (C=O) groups is 2. The summed E-state index contributed by atoms with van der Waals surface area (Å²) in [6.07, 6.45) is 3.93. The van der Waals surface area contributed by atoms with Crippen molar-refractivity contribution in [3.8, 4) is 0 Å². The van der Waals surface area contributed by atoms with E-state index in [0.717, 1.165) is 21.9 Å². The molecule has 2 aromatic carbocycles. The number of H-pyrrole nitrogens is 1. The minimum atomic E-state index is -0.853. The fourth-order valence-corrected chi connectivity index (χ4v) is 4.66. The summed E-state index contributed by atoms with van der Waals surface area (Å²) in [5, 5.41) is 12.6. The zero-order valence-corrected chi connectivity index (χ0v) is 18.0. The van der Waals surface area contributed by atoms with Crippen molar-refractivity contribution in [3.05, 3.63) is 108 Å². The van der Waals surface area contributed by atoms with Gasteiger partial charge < -0.3 is 23.8 Å². The van der Waals surface area contributed by atoms with Gasteiger partial charge >= 0.3 is 0 Å². The van der Waals surface area contributed by atoms with Gasteiger partial charge in [0, 0.05) is 29.0 Å². The molecular formula is C27H20N2O5. The van der Waals surface area contributed by atoms with Gasteiger partial charge in [-0.05, 0) is 42.3 Å². The Hall–Kier alpha value is -4.52. The van der Waals surface area contributed by atoms with Gasteiger partial charge in [0.05, 0.1) is 11.8 Å². The summed E-state index contributed by atoms with van der Waals surface area (Å²) in [6.45, 7) is 0.285. The molecule has 6 rings (SSSR count). The second-order valence-corrected chi connectivity index (χ2v) is 8.27. The fourth-order valence-electron chi connectivity index (χ4n) is 4.66. The average Bonchev–Trinajstić information content (AvgIpc) is 3.64. The molecule has 168 valence electrons. The number of hydrogen-bond acceptors (Lipinski definition) is 5. The zero-order valence-electron chi connectivity index (χ0n) is 18.0. The molecule has 0 bridgehead atoms. The van der Waals surface area contributed by atoms with E-state index in [1.54, 1.807) is 24.3 Å². The highest BCUT2D eigenvalue weighted by molar-refractivity contribution is 6.15. The first kappa shape index (κ1) is 20.1. The van der Waals surface area contributed by atoms with Crippen LogP contribution in [0.1, 0.15) is 27.9 Å². The van der Waals surface area contributed by atoms with E-state index in [9.17, 15) is 14.7 Å². The fraction of sp³-hybridized carbons (Fsp3) is 0.111. The van der Waals surface area contributed by atoms with Crippen LogP contribution in [0.4, 0.5) is 0 Å². The Balaban J connectivity index is 1.36. The SMILES string of the molecule is O=C(C1=C(O)C(=O)N(CCc2c[nH]c3ccccc23)C1c1ccco1)c1cc2ccccc2o1. The molecule has 0 aliphatic carbocycles. The van der Waals surface area contributed by atoms with Gasteiger partial charge in [-0.2, -0.15) is 0 Å². The predicted molar refractivity (Wildman–Crippen MR) is 125 cm³/mol. The molecule has 7 nitrogen and oxygen atoms in total. The van der Waals surface area contributed by atoms with Crippen LogP contribution in [-0.2, 0) is 11.2 Å². The minimum Gasteiger partial charge on any atom is -0.503 e. The summed E-state index contributed by atoms with van der Waals surface area (Å²) in [5.41, 5.74) is 2.56. The molecule has 0 saturated heterocycles. The summed E-state index contributed by atoms with van der Waals surface area (Å²) in [7, 11) is 0.